The molecule has 12 nitrogen and oxygen atoms in total. The van der Waals surface area contributed by atoms with E-state index in [0.717, 1.165) is 37.3 Å². The number of carbonyl (C=O) groups is 2. The molecule has 2 aliphatic heterocycles. The summed E-state index contributed by atoms with van der Waals surface area (Å²) in [6, 6.07) is 9.69. The predicted molar refractivity (Wildman–Crippen MR) is 188 cm³/mol. The molecule has 50 heavy (non-hydrogen) atoms. The number of carbonyl (C=O) groups excluding carboxylic acids is 2. The first-order chi connectivity index (χ1) is 23.9. The first-order valence-corrected chi connectivity index (χ1v) is 16.9. The second-order valence-corrected chi connectivity index (χ2v) is 13.7. The summed E-state index contributed by atoms with van der Waals surface area (Å²) in [6.07, 6.45) is 8.08. The number of terminal acetylenes is 1. The van der Waals surface area contributed by atoms with Crippen LogP contribution in [0.4, 0.5) is 21.6 Å². The number of amides is 2. The molecule has 4 aromatic rings. The number of fused-ring (bicyclic) bond motifs is 2. The highest BCUT2D eigenvalue weighted by molar-refractivity contribution is 7.02. The molecule has 0 bridgehead atoms. The maximum Gasteiger partial charge on any atom is 0.265 e. The van der Waals surface area contributed by atoms with E-state index in [1.165, 1.54) is 42.8 Å². The van der Waals surface area contributed by atoms with Crippen molar-refractivity contribution < 1.29 is 32.7 Å². The summed E-state index contributed by atoms with van der Waals surface area (Å²) >= 11 is 1.24. The van der Waals surface area contributed by atoms with Crippen LogP contribution < -0.4 is 29.2 Å². The highest BCUT2D eigenvalue weighted by atomic mass is 32.1. The molecule has 0 radical (unpaired) electrons. The number of aromatic nitrogens is 3. The Hall–Kier alpha value is -5.16. The lowest BCUT2D eigenvalue weighted by molar-refractivity contribution is -0.121. The number of benzene rings is 2. The van der Waals surface area contributed by atoms with Gasteiger partial charge in [0.2, 0.25) is 10.7 Å². The van der Waals surface area contributed by atoms with Crippen LogP contribution in [0.1, 0.15) is 69.3 Å². The summed E-state index contributed by atoms with van der Waals surface area (Å²) < 4.78 is 42.1. The molecule has 1 N–H and O–H groups in total. The number of anilines is 2. The molecular formula is C36H41FN6O6S. The zero-order valence-corrected chi connectivity index (χ0v) is 30.1. The second kappa shape index (κ2) is 14.8. The van der Waals surface area contributed by atoms with Gasteiger partial charge in [0, 0.05) is 42.0 Å². The molecule has 0 spiro atoms. The lowest BCUT2D eigenvalue weighted by atomic mass is 9.81. The van der Waals surface area contributed by atoms with Gasteiger partial charge in [-0.05, 0) is 36.5 Å². The fourth-order valence-corrected chi connectivity index (χ4v) is 6.48. The number of nitrogens with one attached hydrogen (secondary N) is 1. The third-order valence-corrected chi connectivity index (χ3v) is 9.79. The van der Waals surface area contributed by atoms with Crippen molar-refractivity contribution in [1.29, 1.82) is 0 Å². The van der Waals surface area contributed by atoms with Gasteiger partial charge in [-0.15, -0.1) is 6.42 Å². The molecule has 4 heterocycles. The molecule has 2 aliphatic rings. The van der Waals surface area contributed by atoms with Gasteiger partial charge in [-0.1, -0.05) is 51.8 Å². The van der Waals surface area contributed by atoms with Crippen LogP contribution in [0.25, 0.3) is 0 Å². The summed E-state index contributed by atoms with van der Waals surface area (Å²) in [5, 5.41) is 6.83. The molecule has 2 amide bonds. The number of rotatable bonds is 9. The van der Waals surface area contributed by atoms with Gasteiger partial charge in [0.25, 0.3) is 11.8 Å². The van der Waals surface area contributed by atoms with E-state index >= 15 is 0 Å². The summed E-state index contributed by atoms with van der Waals surface area (Å²) in [7, 11) is 3.01. The average molecular weight is 705 g/mol. The van der Waals surface area contributed by atoms with Crippen LogP contribution in [0, 0.1) is 23.6 Å². The van der Waals surface area contributed by atoms with Gasteiger partial charge in [-0.25, -0.2) is 9.38 Å². The van der Waals surface area contributed by atoms with E-state index in [0.29, 0.717) is 39.2 Å². The van der Waals surface area contributed by atoms with E-state index in [4.69, 9.17) is 25.2 Å². The molecule has 0 atom stereocenters. The number of nitrogens with zero attached hydrogens (tertiary/aromatic N) is 5. The zero-order chi connectivity index (χ0) is 36.2. The van der Waals surface area contributed by atoms with Crippen LogP contribution in [-0.2, 0) is 23.2 Å². The summed E-state index contributed by atoms with van der Waals surface area (Å²) in [4.78, 5) is 31.2. The standard InChI is InChI=1S/C18H17FN4O2S.C18H24N2O4/c1-4-5-22-13-7-12(11(19)6-14(13)25-9-16(22)24)20-17-23-10-18(2,3)8-15(23)21-26-17;1-6-18(3,7-2)14-11-15(24-20-14)19-17(21)16-12(22-4)9-8-10-13(16)23-5/h1,6-7H,5,8-10H2,2-3H3;8-11H,6-7H2,1-5H3,(H,19,21). The Morgan fingerprint density at radius 1 is 1.20 bits per heavy atom. The Labute approximate surface area is 294 Å². The van der Waals surface area contributed by atoms with Gasteiger partial charge in [-0.3, -0.25) is 19.8 Å². The van der Waals surface area contributed by atoms with Crippen molar-refractivity contribution in [2.24, 2.45) is 10.4 Å². The van der Waals surface area contributed by atoms with E-state index in [1.807, 2.05) is 4.57 Å². The smallest absolute Gasteiger partial charge is 0.265 e. The molecule has 14 heteroatoms. The molecule has 2 aromatic heterocycles. The topological polar surface area (TPSA) is 133 Å². The fourth-order valence-electron chi connectivity index (χ4n) is 5.73. The van der Waals surface area contributed by atoms with Gasteiger partial charge in [0.05, 0.1) is 32.1 Å². The first kappa shape index (κ1) is 36.1. The Morgan fingerprint density at radius 2 is 1.90 bits per heavy atom. The number of hydrogen-bond donors (Lipinski definition) is 1. The normalized spacial score (nSPS) is 14.9. The van der Waals surface area contributed by atoms with E-state index in [2.05, 4.69) is 60.4 Å². The van der Waals surface area contributed by atoms with Crippen molar-refractivity contribution in [3.8, 4) is 29.6 Å². The van der Waals surface area contributed by atoms with Crippen molar-refractivity contribution in [2.75, 3.05) is 37.6 Å². The van der Waals surface area contributed by atoms with E-state index in [9.17, 15) is 14.0 Å². The quantitative estimate of drug-likeness (QED) is 0.202. The molecular weight excluding hydrogens is 663 g/mol. The SMILES string of the molecule is C#CCN1C(=O)COc2cc(F)c(N=c3snc4n3CC(C)(C)C4)cc21.CCC(C)(CC)c1cc(NC(=O)c2c(OC)cccc2OC)on1. The van der Waals surface area contributed by atoms with Crippen LogP contribution in [0.5, 0.6) is 17.2 Å². The van der Waals surface area contributed by atoms with E-state index in [1.54, 1.807) is 24.3 Å². The second-order valence-electron chi connectivity index (χ2n) is 13.0. The van der Waals surface area contributed by atoms with Gasteiger partial charge < -0.3 is 23.3 Å². The number of hydrogen-bond acceptors (Lipinski definition) is 10. The Morgan fingerprint density at radius 3 is 2.54 bits per heavy atom. The minimum atomic E-state index is -0.515. The molecule has 6 rings (SSSR count). The van der Waals surface area contributed by atoms with Crippen LogP contribution in [-0.4, -0.2) is 53.3 Å². The summed E-state index contributed by atoms with van der Waals surface area (Å²) in [6.45, 7) is 11.4. The van der Waals surface area contributed by atoms with Gasteiger partial charge in [0.1, 0.15) is 34.3 Å². The molecule has 0 saturated carbocycles. The molecule has 0 fully saturated rings. The minimum absolute atomic E-state index is 0.0748. The Kier molecular flexibility index (Phi) is 10.7. The lowest BCUT2D eigenvalue weighted by Gasteiger charge is -2.28. The Balaban J connectivity index is 0.000000195. The zero-order valence-electron chi connectivity index (χ0n) is 29.3. The third kappa shape index (κ3) is 7.38. The number of ether oxygens (including phenoxy) is 3. The van der Waals surface area contributed by atoms with Crippen LogP contribution in [0.15, 0.2) is 45.9 Å². The highest BCUT2D eigenvalue weighted by Crippen LogP contribution is 2.38. The van der Waals surface area contributed by atoms with Crippen LogP contribution in [0.2, 0.25) is 0 Å². The van der Waals surface area contributed by atoms with Crippen molar-refractivity contribution in [3.63, 3.8) is 0 Å². The largest absolute Gasteiger partial charge is 0.496 e. The number of methoxy groups -OCH3 is 2. The van der Waals surface area contributed by atoms with Crippen LogP contribution >= 0.6 is 11.5 Å². The number of halogens is 1. The van der Waals surface area contributed by atoms with Crippen molar-refractivity contribution in [3.05, 3.63) is 64.1 Å². The molecule has 0 unspecified atom stereocenters. The third-order valence-electron chi connectivity index (χ3n) is 9.02. The van der Waals surface area contributed by atoms with Crippen LogP contribution in [0.3, 0.4) is 0 Å². The maximum absolute atomic E-state index is 14.5. The summed E-state index contributed by atoms with van der Waals surface area (Å²) in [5.74, 6) is 3.71. The van der Waals surface area contributed by atoms with Gasteiger partial charge >= 0.3 is 0 Å². The first-order valence-electron chi connectivity index (χ1n) is 16.2. The molecule has 0 saturated heterocycles. The van der Waals surface area contributed by atoms with Gasteiger partial charge in [-0.2, -0.15) is 4.37 Å². The maximum atomic E-state index is 14.5. The molecule has 0 aliphatic carbocycles. The minimum Gasteiger partial charge on any atom is -0.496 e. The summed E-state index contributed by atoms with van der Waals surface area (Å²) in [5.41, 5.74) is 1.75. The van der Waals surface area contributed by atoms with E-state index < -0.39 is 5.82 Å². The molecule has 264 valence electrons. The monoisotopic (exact) mass is 704 g/mol. The van der Waals surface area contributed by atoms with E-state index in [-0.39, 0.29) is 41.5 Å². The highest BCUT2D eigenvalue weighted by Gasteiger charge is 2.32. The van der Waals surface area contributed by atoms with Crippen molar-refractivity contribution >= 4 is 40.6 Å². The van der Waals surface area contributed by atoms with Crippen molar-refractivity contribution in [2.45, 2.75) is 65.8 Å². The van der Waals surface area contributed by atoms with Gasteiger partial charge in [0.15, 0.2) is 12.4 Å². The average Bonchev–Trinajstić information content (AvgIpc) is 3.80. The fraction of sp³-hybridized carbons (Fsp3) is 0.417. The molecule has 2 aromatic carbocycles. The van der Waals surface area contributed by atoms with Crippen molar-refractivity contribution in [1.82, 2.24) is 14.1 Å². The predicted octanol–water partition coefficient (Wildman–Crippen LogP) is 6.28. The Bertz CT molecular complexity index is 1980. The lowest BCUT2D eigenvalue weighted by Crippen LogP contribution is -2.39.